The Balaban J connectivity index is 2.38. The normalized spacial score (nSPS) is 10.5. The summed E-state index contributed by atoms with van der Waals surface area (Å²) in [6.07, 6.45) is 0. The lowest BCUT2D eigenvalue weighted by Crippen LogP contribution is -2.01. The number of ether oxygens (including phenoxy) is 1. The molecule has 100 valence electrons. The third-order valence-corrected chi connectivity index (χ3v) is 4.34. The molecule has 0 saturated heterocycles. The molecule has 0 amide bonds. The van der Waals surface area contributed by atoms with Crippen molar-refractivity contribution in [2.75, 3.05) is 6.61 Å². The highest BCUT2D eigenvalue weighted by molar-refractivity contribution is 7.12. The van der Waals surface area contributed by atoms with Crippen LogP contribution in [0.2, 0.25) is 15.1 Å². The van der Waals surface area contributed by atoms with Crippen molar-refractivity contribution in [3.05, 3.63) is 43.5 Å². The molecule has 0 fully saturated rings. The van der Waals surface area contributed by atoms with Gasteiger partial charge in [-0.3, -0.25) is 0 Å². The quantitative estimate of drug-likeness (QED) is 0.543. The van der Waals surface area contributed by atoms with E-state index in [4.69, 9.17) is 39.5 Å². The average molecular weight is 336 g/mol. The van der Waals surface area contributed by atoms with Crippen molar-refractivity contribution >= 4 is 52.1 Å². The van der Waals surface area contributed by atoms with Gasteiger partial charge in [0.15, 0.2) is 0 Å². The fourth-order valence-electron chi connectivity index (χ4n) is 1.53. The predicted octanol–water partition coefficient (Wildman–Crippen LogP) is 5.55. The van der Waals surface area contributed by atoms with Crippen LogP contribution in [0.1, 0.15) is 16.6 Å². The van der Waals surface area contributed by atoms with E-state index >= 15 is 0 Å². The van der Waals surface area contributed by atoms with Gasteiger partial charge in [-0.2, -0.15) is 0 Å². The van der Waals surface area contributed by atoms with Crippen molar-refractivity contribution in [1.82, 2.24) is 0 Å². The third-order valence-electron chi connectivity index (χ3n) is 2.40. The zero-order chi connectivity index (χ0) is 14.0. The molecular weight excluding hydrogens is 327 g/mol. The molecule has 2 rings (SSSR count). The maximum atomic E-state index is 11.6. The molecule has 0 aliphatic carbocycles. The maximum Gasteiger partial charge on any atom is 0.348 e. The monoisotopic (exact) mass is 334 g/mol. The van der Waals surface area contributed by atoms with Crippen LogP contribution in [0.15, 0.2) is 23.6 Å². The first-order valence-electron chi connectivity index (χ1n) is 5.43. The first-order chi connectivity index (χ1) is 9.02. The van der Waals surface area contributed by atoms with Gasteiger partial charge in [0.05, 0.1) is 21.7 Å². The first-order valence-corrected chi connectivity index (χ1v) is 7.45. The van der Waals surface area contributed by atoms with E-state index in [2.05, 4.69) is 0 Å². The van der Waals surface area contributed by atoms with Crippen LogP contribution in [-0.4, -0.2) is 12.6 Å². The van der Waals surface area contributed by atoms with E-state index < -0.39 is 0 Å². The highest BCUT2D eigenvalue weighted by Gasteiger charge is 2.14. The fraction of sp³-hybridized carbons (Fsp3) is 0.154. The van der Waals surface area contributed by atoms with E-state index in [1.807, 2.05) is 5.38 Å². The number of rotatable bonds is 3. The van der Waals surface area contributed by atoms with Gasteiger partial charge >= 0.3 is 5.97 Å². The number of benzene rings is 1. The van der Waals surface area contributed by atoms with Gasteiger partial charge in [0.25, 0.3) is 0 Å². The molecular formula is C13H9Cl3O2S. The Morgan fingerprint density at radius 2 is 1.84 bits per heavy atom. The lowest BCUT2D eigenvalue weighted by Gasteiger charge is -2.04. The van der Waals surface area contributed by atoms with Gasteiger partial charge in [-0.1, -0.05) is 34.8 Å². The topological polar surface area (TPSA) is 26.3 Å². The Hall–Kier alpha value is -0.740. The molecule has 19 heavy (non-hydrogen) atoms. The van der Waals surface area contributed by atoms with E-state index in [-0.39, 0.29) is 5.97 Å². The van der Waals surface area contributed by atoms with Crippen molar-refractivity contribution in [2.24, 2.45) is 0 Å². The summed E-state index contributed by atoms with van der Waals surface area (Å²) in [5.74, 6) is -0.338. The number of esters is 1. The van der Waals surface area contributed by atoms with Crippen LogP contribution in [0, 0.1) is 0 Å². The van der Waals surface area contributed by atoms with Crippen LogP contribution < -0.4 is 0 Å². The van der Waals surface area contributed by atoms with E-state index in [1.54, 1.807) is 25.1 Å². The van der Waals surface area contributed by atoms with Gasteiger partial charge in [0.1, 0.15) is 4.88 Å². The SMILES string of the molecule is CCOC(=O)c1cc(-c2cc(Cl)c(Cl)cc2Cl)cs1. The largest absolute Gasteiger partial charge is 0.462 e. The lowest BCUT2D eigenvalue weighted by atomic mass is 10.1. The Morgan fingerprint density at radius 3 is 2.53 bits per heavy atom. The summed E-state index contributed by atoms with van der Waals surface area (Å²) in [5, 5.41) is 3.14. The summed E-state index contributed by atoms with van der Waals surface area (Å²) in [6, 6.07) is 5.00. The van der Waals surface area contributed by atoms with Crippen LogP contribution in [-0.2, 0) is 4.74 Å². The minimum Gasteiger partial charge on any atom is -0.462 e. The van der Waals surface area contributed by atoms with E-state index in [0.29, 0.717) is 26.6 Å². The molecule has 0 unspecified atom stereocenters. The summed E-state index contributed by atoms with van der Waals surface area (Å²) in [6.45, 7) is 2.11. The van der Waals surface area contributed by atoms with Crippen molar-refractivity contribution in [2.45, 2.75) is 6.92 Å². The number of carbonyl (C=O) groups excluding carboxylic acids is 1. The van der Waals surface area contributed by atoms with Crippen LogP contribution in [0.25, 0.3) is 11.1 Å². The smallest absolute Gasteiger partial charge is 0.348 e. The number of hydrogen-bond donors (Lipinski definition) is 0. The average Bonchev–Trinajstić information content (AvgIpc) is 2.83. The Labute approximate surface area is 129 Å². The second kappa shape index (κ2) is 6.14. The summed E-state index contributed by atoms with van der Waals surface area (Å²) < 4.78 is 4.94. The third kappa shape index (κ3) is 3.23. The standard InChI is InChI=1S/C13H9Cl3O2S/c1-2-18-13(17)12-3-7(6-19-12)8-4-10(15)11(16)5-9(8)14/h3-6H,2H2,1H3. The molecule has 0 aliphatic rings. The summed E-state index contributed by atoms with van der Waals surface area (Å²) in [7, 11) is 0. The molecule has 0 radical (unpaired) electrons. The molecule has 1 aromatic carbocycles. The molecule has 0 atom stereocenters. The van der Waals surface area contributed by atoms with Gasteiger partial charge in [-0.15, -0.1) is 11.3 Å². The van der Waals surface area contributed by atoms with E-state index in [1.165, 1.54) is 11.3 Å². The summed E-state index contributed by atoms with van der Waals surface area (Å²) in [4.78, 5) is 12.1. The number of hydrogen-bond acceptors (Lipinski definition) is 3. The first kappa shape index (κ1) is 14.7. The Kier molecular flexibility index (Phi) is 4.74. The molecule has 0 spiro atoms. The number of thiophene rings is 1. The highest BCUT2D eigenvalue weighted by Crippen LogP contribution is 2.37. The van der Waals surface area contributed by atoms with Crippen LogP contribution in [0.4, 0.5) is 0 Å². The number of carbonyl (C=O) groups is 1. The Morgan fingerprint density at radius 1 is 1.16 bits per heavy atom. The molecule has 2 nitrogen and oxygen atoms in total. The minimum atomic E-state index is -0.338. The molecule has 1 heterocycles. The van der Waals surface area contributed by atoms with Gasteiger partial charge in [0, 0.05) is 5.56 Å². The van der Waals surface area contributed by atoms with Crippen molar-refractivity contribution in [1.29, 1.82) is 0 Å². The molecule has 0 aliphatic heterocycles. The van der Waals surface area contributed by atoms with Gasteiger partial charge in [0.2, 0.25) is 0 Å². The van der Waals surface area contributed by atoms with E-state index in [0.717, 1.165) is 11.1 Å². The second-order valence-corrected chi connectivity index (χ2v) is 5.80. The van der Waals surface area contributed by atoms with E-state index in [9.17, 15) is 4.79 Å². The van der Waals surface area contributed by atoms with Crippen LogP contribution in [0.5, 0.6) is 0 Å². The lowest BCUT2D eigenvalue weighted by molar-refractivity contribution is 0.0532. The van der Waals surface area contributed by atoms with Crippen molar-refractivity contribution in [3.8, 4) is 11.1 Å². The fourth-order valence-corrected chi connectivity index (χ4v) is 2.99. The van der Waals surface area contributed by atoms with Crippen LogP contribution >= 0.6 is 46.1 Å². The van der Waals surface area contributed by atoms with Crippen molar-refractivity contribution in [3.63, 3.8) is 0 Å². The minimum absolute atomic E-state index is 0.338. The molecule has 2 aromatic rings. The van der Waals surface area contributed by atoms with Crippen molar-refractivity contribution < 1.29 is 9.53 Å². The number of halogens is 3. The highest BCUT2D eigenvalue weighted by atomic mass is 35.5. The van der Waals surface area contributed by atoms with Crippen LogP contribution in [0.3, 0.4) is 0 Å². The molecule has 0 bridgehead atoms. The van der Waals surface area contributed by atoms with Gasteiger partial charge in [-0.25, -0.2) is 4.79 Å². The predicted molar refractivity (Wildman–Crippen MR) is 80.7 cm³/mol. The summed E-state index contributed by atoms with van der Waals surface area (Å²) >= 11 is 19.3. The summed E-state index contributed by atoms with van der Waals surface area (Å²) in [5.41, 5.74) is 1.56. The molecule has 0 saturated carbocycles. The molecule has 0 N–H and O–H groups in total. The zero-order valence-electron chi connectivity index (χ0n) is 9.88. The zero-order valence-corrected chi connectivity index (χ0v) is 13.0. The molecule has 6 heteroatoms. The maximum absolute atomic E-state index is 11.6. The van der Waals surface area contributed by atoms with Gasteiger partial charge < -0.3 is 4.74 Å². The Bertz CT molecular complexity index is 622. The van der Waals surface area contributed by atoms with Gasteiger partial charge in [-0.05, 0) is 36.1 Å². The molecule has 1 aromatic heterocycles. The second-order valence-electron chi connectivity index (χ2n) is 3.67.